The predicted octanol–water partition coefficient (Wildman–Crippen LogP) is 12.7. The van der Waals surface area contributed by atoms with Crippen LogP contribution in [0.4, 0.5) is 0 Å². The molecule has 1 aliphatic carbocycles. The number of rotatable bonds is 4. The lowest BCUT2D eigenvalue weighted by atomic mass is 9.67. The maximum absolute atomic E-state index is 6.74. The Bertz CT molecular complexity index is 3280. The van der Waals surface area contributed by atoms with E-state index in [-0.39, 0.29) is 0 Å². The first-order chi connectivity index (χ1) is 27.3. The summed E-state index contributed by atoms with van der Waals surface area (Å²) in [6, 6.07) is 67.2. The van der Waals surface area contributed by atoms with Crippen LogP contribution in [0.1, 0.15) is 22.3 Å². The average molecular weight is 702 g/mol. The fraction of sp³-hybridized carbons (Fsp3) is 0.0196. The summed E-state index contributed by atoms with van der Waals surface area (Å²) in [5, 5.41) is 5.67. The molecule has 4 heteroatoms. The van der Waals surface area contributed by atoms with Gasteiger partial charge in [-0.1, -0.05) is 158 Å². The first-order valence-corrected chi connectivity index (χ1v) is 18.8. The van der Waals surface area contributed by atoms with E-state index in [0.29, 0.717) is 11.4 Å². The molecule has 3 heterocycles. The molecule has 11 aromatic rings. The summed E-state index contributed by atoms with van der Waals surface area (Å²) in [5.74, 6) is 1.38. The summed E-state index contributed by atoms with van der Waals surface area (Å²) in [6.45, 7) is 0. The standard InChI is InChI=1S/C51H31N3O/c1-3-18-34(19-4-1)51(35-20-5-2-6-21-35)41-26-12-9-23-37(41)46-39(25-15-27-42(46)51)49-52-47-38-24-11-14-29-45(38)55-48(47)50(53-49)54-43-28-13-10-22-36(43)40-30-32-16-7-8-17-33(32)31-44(40)54/h1-31H. The maximum atomic E-state index is 6.74. The van der Waals surface area contributed by atoms with Gasteiger partial charge < -0.3 is 4.42 Å². The number of para-hydroxylation sites is 2. The van der Waals surface area contributed by atoms with Gasteiger partial charge in [-0.2, -0.15) is 0 Å². The number of furan rings is 1. The lowest BCUT2D eigenvalue weighted by molar-refractivity contribution is 0.662. The number of fused-ring (bicyclic) bond motifs is 10. The molecule has 3 aromatic heterocycles. The third-order valence-corrected chi connectivity index (χ3v) is 11.7. The zero-order valence-corrected chi connectivity index (χ0v) is 29.6. The van der Waals surface area contributed by atoms with E-state index in [0.717, 1.165) is 49.9 Å². The zero-order chi connectivity index (χ0) is 36.1. The molecule has 1 aliphatic rings. The largest absolute Gasteiger partial charge is 0.450 e. The van der Waals surface area contributed by atoms with Gasteiger partial charge in [0.2, 0.25) is 0 Å². The van der Waals surface area contributed by atoms with Gasteiger partial charge in [-0.05, 0) is 74.5 Å². The molecule has 4 nitrogen and oxygen atoms in total. The summed E-state index contributed by atoms with van der Waals surface area (Å²) >= 11 is 0. The number of benzene rings is 8. The van der Waals surface area contributed by atoms with E-state index in [1.165, 1.54) is 44.0 Å². The third kappa shape index (κ3) is 4.11. The molecule has 0 aliphatic heterocycles. The molecule has 0 spiro atoms. The van der Waals surface area contributed by atoms with Gasteiger partial charge in [0, 0.05) is 21.7 Å². The third-order valence-electron chi connectivity index (χ3n) is 11.7. The maximum Gasteiger partial charge on any atom is 0.197 e. The Kier molecular flexibility index (Phi) is 6.23. The van der Waals surface area contributed by atoms with Crippen LogP contribution in [0.15, 0.2) is 192 Å². The number of nitrogens with zero attached hydrogens (tertiary/aromatic N) is 3. The minimum Gasteiger partial charge on any atom is -0.450 e. The van der Waals surface area contributed by atoms with Crippen LogP contribution in [0, 0.1) is 0 Å². The molecule has 12 rings (SSSR count). The minimum atomic E-state index is -0.534. The van der Waals surface area contributed by atoms with Gasteiger partial charge in [0.05, 0.1) is 16.4 Å². The molecule has 0 saturated carbocycles. The fourth-order valence-corrected chi connectivity index (χ4v) is 9.41. The number of hydrogen-bond donors (Lipinski definition) is 0. The molecular weight excluding hydrogens is 671 g/mol. The van der Waals surface area contributed by atoms with Gasteiger partial charge >= 0.3 is 0 Å². The van der Waals surface area contributed by atoms with Crippen molar-refractivity contribution in [2.45, 2.75) is 5.41 Å². The SMILES string of the molecule is c1ccc(C2(c3ccccc3)c3ccccc3-c3c(-c4nc(-n5c6ccccc6c6cc7ccccc7cc65)c5oc6ccccc6c5n4)cccc32)cc1. The van der Waals surface area contributed by atoms with Crippen molar-refractivity contribution in [2.75, 3.05) is 0 Å². The van der Waals surface area contributed by atoms with Crippen LogP contribution in [0.2, 0.25) is 0 Å². The monoisotopic (exact) mass is 701 g/mol. The van der Waals surface area contributed by atoms with Crippen molar-refractivity contribution in [2.24, 2.45) is 0 Å². The Morgan fingerprint density at radius 2 is 1.07 bits per heavy atom. The lowest BCUT2D eigenvalue weighted by Gasteiger charge is -2.33. The molecule has 0 fully saturated rings. The van der Waals surface area contributed by atoms with Crippen LogP contribution in [-0.4, -0.2) is 14.5 Å². The smallest absolute Gasteiger partial charge is 0.197 e. The van der Waals surface area contributed by atoms with Crippen LogP contribution in [0.25, 0.3) is 83.0 Å². The summed E-state index contributed by atoms with van der Waals surface area (Å²) < 4.78 is 9.02. The molecule has 0 radical (unpaired) electrons. The lowest BCUT2D eigenvalue weighted by Crippen LogP contribution is -2.28. The van der Waals surface area contributed by atoms with E-state index in [9.17, 15) is 0 Å². The second-order valence-electron chi connectivity index (χ2n) is 14.5. The predicted molar refractivity (Wildman–Crippen MR) is 224 cm³/mol. The zero-order valence-electron chi connectivity index (χ0n) is 29.6. The molecule has 256 valence electrons. The average Bonchev–Trinajstić information content (AvgIpc) is 3.89. The van der Waals surface area contributed by atoms with E-state index in [1.807, 2.05) is 12.1 Å². The molecule has 0 atom stereocenters. The topological polar surface area (TPSA) is 43.9 Å². The molecular formula is C51H31N3O. The van der Waals surface area contributed by atoms with Crippen molar-refractivity contribution >= 4 is 54.6 Å². The second-order valence-corrected chi connectivity index (χ2v) is 14.5. The molecule has 0 bridgehead atoms. The second kappa shape index (κ2) is 11.3. The Balaban J connectivity index is 1.22. The molecule has 0 unspecified atom stereocenters. The van der Waals surface area contributed by atoms with Crippen molar-refractivity contribution in [1.82, 2.24) is 14.5 Å². The first-order valence-electron chi connectivity index (χ1n) is 18.8. The summed E-state index contributed by atoms with van der Waals surface area (Å²) in [7, 11) is 0. The van der Waals surface area contributed by atoms with Crippen molar-refractivity contribution in [3.8, 4) is 28.3 Å². The summed E-state index contributed by atoms with van der Waals surface area (Å²) in [6.07, 6.45) is 0. The molecule has 0 saturated heterocycles. The Labute approximate surface area is 316 Å². The van der Waals surface area contributed by atoms with Crippen LogP contribution in [-0.2, 0) is 5.41 Å². The minimum absolute atomic E-state index is 0.534. The van der Waals surface area contributed by atoms with Crippen molar-refractivity contribution < 1.29 is 4.42 Å². The Morgan fingerprint density at radius 3 is 1.87 bits per heavy atom. The highest BCUT2D eigenvalue weighted by atomic mass is 16.3. The van der Waals surface area contributed by atoms with E-state index < -0.39 is 5.41 Å². The van der Waals surface area contributed by atoms with Gasteiger partial charge in [0.15, 0.2) is 17.2 Å². The van der Waals surface area contributed by atoms with E-state index >= 15 is 0 Å². The molecule has 0 N–H and O–H groups in total. The quantitative estimate of drug-likeness (QED) is 0.183. The van der Waals surface area contributed by atoms with E-state index in [1.54, 1.807) is 0 Å². The molecule has 0 amide bonds. The van der Waals surface area contributed by atoms with Gasteiger partial charge in [0.25, 0.3) is 0 Å². The van der Waals surface area contributed by atoms with E-state index in [4.69, 9.17) is 14.4 Å². The van der Waals surface area contributed by atoms with Gasteiger partial charge in [-0.25, -0.2) is 9.97 Å². The Hall–Kier alpha value is -7.30. The highest BCUT2D eigenvalue weighted by molar-refractivity contribution is 6.15. The molecule has 8 aromatic carbocycles. The van der Waals surface area contributed by atoms with Crippen LogP contribution < -0.4 is 0 Å². The van der Waals surface area contributed by atoms with Gasteiger partial charge in [-0.3, -0.25) is 4.57 Å². The number of hydrogen-bond acceptors (Lipinski definition) is 3. The van der Waals surface area contributed by atoms with Crippen LogP contribution in [0.3, 0.4) is 0 Å². The fourth-order valence-electron chi connectivity index (χ4n) is 9.41. The van der Waals surface area contributed by atoms with Crippen molar-refractivity contribution in [3.05, 3.63) is 210 Å². The molecule has 55 heavy (non-hydrogen) atoms. The van der Waals surface area contributed by atoms with Crippen LogP contribution >= 0.6 is 0 Å². The van der Waals surface area contributed by atoms with Crippen LogP contribution in [0.5, 0.6) is 0 Å². The van der Waals surface area contributed by atoms with Gasteiger partial charge in [-0.15, -0.1) is 0 Å². The first kappa shape index (κ1) is 30.2. The van der Waals surface area contributed by atoms with E-state index in [2.05, 4.69) is 180 Å². The summed E-state index contributed by atoms with van der Waals surface area (Å²) in [5.41, 5.74) is 12.1. The highest BCUT2D eigenvalue weighted by Gasteiger charge is 2.47. The normalized spacial score (nSPS) is 13.2. The van der Waals surface area contributed by atoms with Crippen molar-refractivity contribution in [1.29, 1.82) is 0 Å². The number of aromatic nitrogens is 3. The summed E-state index contributed by atoms with van der Waals surface area (Å²) in [4.78, 5) is 11.0. The Morgan fingerprint density at radius 1 is 0.455 bits per heavy atom. The van der Waals surface area contributed by atoms with Crippen molar-refractivity contribution in [3.63, 3.8) is 0 Å². The van der Waals surface area contributed by atoms with Gasteiger partial charge in [0.1, 0.15) is 11.1 Å². The highest BCUT2D eigenvalue weighted by Crippen LogP contribution is 2.58.